The first-order valence-electron chi connectivity index (χ1n) is 6.00. The molecule has 0 heterocycles. The summed E-state index contributed by atoms with van der Waals surface area (Å²) in [6, 6.07) is 2.36. The fourth-order valence-corrected chi connectivity index (χ4v) is 3.61. The lowest BCUT2D eigenvalue weighted by molar-refractivity contribution is 0.394. The van der Waals surface area contributed by atoms with Crippen LogP contribution < -0.4 is 5.32 Å². The van der Waals surface area contributed by atoms with Crippen LogP contribution in [0.15, 0.2) is 0 Å². The molecule has 1 saturated carbocycles. The summed E-state index contributed by atoms with van der Waals surface area (Å²) in [5.41, 5.74) is 0. The molecule has 1 fully saturated rings. The molecule has 3 unspecified atom stereocenters. The highest BCUT2D eigenvalue weighted by Gasteiger charge is 2.20. The number of hydrogen-bond donors (Lipinski definition) is 1. The topological polar surface area (TPSA) is 35.8 Å². The van der Waals surface area contributed by atoms with Crippen LogP contribution in [0.25, 0.3) is 0 Å². The highest BCUT2D eigenvalue weighted by atomic mass is 32.2. The lowest BCUT2D eigenvalue weighted by atomic mass is 9.91. The van der Waals surface area contributed by atoms with Gasteiger partial charge in [-0.15, -0.1) is 0 Å². The maximum Gasteiger partial charge on any atom is 0.104 e. The van der Waals surface area contributed by atoms with E-state index < -0.39 is 0 Å². The minimum Gasteiger partial charge on any atom is -0.302 e. The molecule has 86 valence electrons. The Morgan fingerprint density at radius 1 is 1.53 bits per heavy atom. The minimum atomic E-state index is 0.0391. The van der Waals surface area contributed by atoms with Crippen LogP contribution in [0.3, 0.4) is 0 Å². The maximum absolute atomic E-state index is 8.91. The highest BCUT2D eigenvalue weighted by Crippen LogP contribution is 2.32. The summed E-state index contributed by atoms with van der Waals surface area (Å²) in [7, 11) is 0. The minimum absolute atomic E-state index is 0.0391. The summed E-state index contributed by atoms with van der Waals surface area (Å²) >= 11 is 1.99. The summed E-state index contributed by atoms with van der Waals surface area (Å²) in [6.07, 6.45) is 5.46. The number of rotatable bonds is 5. The zero-order valence-corrected chi connectivity index (χ0v) is 10.6. The number of nitriles is 1. The smallest absolute Gasteiger partial charge is 0.104 e. The van der Waals surface area contributed by atoms with Crippen molar-refractivity contribution in [3.05, 3.63) is 0 Å². The van der Waals surface area contributed by atoms with Crippen LogP contribution in [-0.4, -0.2) is 23.6 Å². The summed E-state index contributed by atoms with van der Waals surface area (Å²) in [4.78, 5) is 0. The molecular formula is C12H22N2S. The van der Waals surface area contributed by atoms with Crippen molar-refractivity contribution in [2.24, 2.45) is 5.92 Å². The molecule has 0 aromatic rings. The average Bonchev–Trinajstić information content (AvgIpc) is 2.24. The first kappa shape index (κ1) is 12.9. The van der Waals surface area contributed by atoms with E-state index in [0.29, 0.717) is 0 Å². The van der Waals surface area contributed by atoms with Crippen LogP contribution in [-0.2, 0) is 0 Å². The SMILES string of the molecule is CCNC(C#N)CSC1CCCC(C)C1. The van der Waals surface area contributed by atoms with Gasteiger partial charge in [0.1, 0.15) is 6.04 Å². The van der Waals surface area contributed by atoms with Crippen molar-refractivity contribution >= 4 is 11.8 Å². The molecule has 1 aliphatic carbocycles. The summed E-state index contributed by atoms with van der Waals surface area (Å²) in [5, 5.41) is 12.9. The third-order valence-corrected chi connectivity index (χ3v) is 4.42. The van der Waals surface area contributed by atoms with Crippen LogP contribution in [0.5, 0.6) is 0 Å². The van der Waals surface area contributed by atoms with Gasteiger partial charge in [0, 0.05) is 11.0 Å². The van der Waals surface area contributed by atoms with Crippen molar-refractivity contribution in [1.82, 2.24) is 5.32 Å². The molecule has 0 bridgehead atoms. The lowest BCUT2D eigenvalue weighted by Gasteiger charge is -2.26. The maximum atomic E-state index is 8.91. The molecule has 1 rings (SSSR count). The normalized spacial score (nSPS) is 28.3. The summed E-state index contributed by atoms with van der Waals surface area (Å²) in [5.74, 6) is 1.83. The second-order valence-electron chi connectivity index (χ2n) is 4.47. The van der Waals surface area contributed by atoms with E-state index in [1.165, 1.54) is 25.7 Å². The van der Waals surface area contributed by atoms with E-state index in [2.05, 4.69) is 25.2 Å². The first-order valence-corrected chi connectivity index (χ1v) is 7.05. The van der Waals surface area contributed by atoms with E-state index in [1.807, 2.05) is 11.8 Å². The Bertz CT molecular complexity index is 212. The van der Waals surface area contributed by atoms with E-state index in [-0.39, 0.29) is 6.04 Å². The van der Waals surface area contributed by atoms with Gasteiger partial charge in [-0.3, -0.25) is 0 Å². The lowest BCUT2D eigenvalue weighted by Crippen LogP contribution is -2.30. The molecule has 0 radical (unpaired) electrons. The van der Waals surface area contributed by atoms with Crippen LogP contribution in [0.4, 0.5) is 0 Å². The molecular weight excluding hydrogens is 204 g/mol. The van der Waals surface area contributed by atoms with Crippen LogP contribution >= 0.6 is 11.8 Å². The van der Waals surface area contributed by atoms with E-state index >= 15 is 0 Å². The summed E-state index contributed by atoms with van der Waals surface area (Å²) < 4.78 is 0. The van der Waals surface area contributed by atoms with Gasteiger partial charge in [-0.1, -0.05) is 26.7 Å². The predicted molar refractivity (Wildman–Crippen MR) is 67.0 cm³/mol. The number of nitrogens with zero attached hydrogens (tertiary/aromatic N) is 1. The zero-order valence-electron chi connectivity index (χ0n) is 9.83. The fourth-order valence-electron chi connectivity index (χ4n) is 2.15. The molecule has 3 heteroatoms. The second-order valence-corrected chi connectivity index (χ2v) is 5.80. The van der Waals surface area contributed by atoms with Gasteiger partial charge in [0.2, 0.25) is 0 Å². The van der Waals surface area contributed by atoms with E-state index in [4.69, 9.17) is 5.26 Å². The molecule has 0 aromatic heterocycles. The Hall–Kier alpha value is -0.200. The Balaban J connectivity index is 2.20. The quantitative estimate of drug-likeness (QED) is 0.783. The van der Waals surface area contributed by atoms with E-state index in [9.17, 15) is 0 Å². The van der Waals surface area contributed by atoms with E-state index in [0.717, 1.165) is 23.5 Å². The highest BCUT2D eigenvalue weighted by molar-refractivity contribution is 7.99. The van der Waals surface area contributed by atoms with E-state index in [1.54, 1.807) is 0 Å². The molecule has 3 atom stereocenters. The first-order chi connectivity index (χ1) is 7.26. The third-order valence-electron chi connectivity index (χ3n) is 2.99. The Morgan fingerprint density at radius 2 is 2.33 bits per heavy atom. The predicted octanol–water partition coefficient (Wildman–Crippen LogP) is 2.80. The second kappa shape index (κ2) is 7.14. The molecule has 0 aromatic carbocycles. The molecule has 1 N–H and O–H groups in total. The Morgan fingerprint density at radius 3 is 2.93 bits per heavy atom. The van der Waals surface area contributed by atoms with Crippen molar-refractivity contribution in [1.29, 1.82) is 5.26 Å². The Kier molecular flexibility index (Phi) is 6.12. The van der Waals surface area contributed by atoms with Gasteiger partial charge in [-0.05, 0) is 25.3 Å². The van der Waals surface area contributed by atoms with Gasteiger partial charge < -0.3 is 5.32 Å². The monoisotopic (exact) mass is 226 g/mol. The van der Waals surface area contributed by atoms with Crippen molar-refractivity contribution in [3.63, 3.8) is 0 Å². The van der Waals surface area contributed by atoms with Gasteiger partial charge in [0.15, 0.2) is 0 Å². The standard InChI is InChI=1S/C12H22N2S/c1-3-14-11(8-13)9-15-12-6-4-5-10(2)7-12/h10-12,14H,3-7,9H2,1-2H3. The van der Waals surface area contributed by atoms with Crippen LogP contribution in [0.1, 0.15) is 39.5 Å². The van der Waals surface area contributed by atoms with Crippen LogP contribution in [0, 0.1) is 17.2 Å². The van der Waals surface area contributed by atoms with Crippen molar-refractivity contribution in [2.75, 3.05) is 12.3 Å². The number of nitrogens with one attached hydrogen (secondary N) is 1. The van der Waals surface area contributed by atoms with Crippen molar-refractivity contribution in [3.8, 4) is 6.07 Å². The van der Waals surface area contributed by atoms with Crippen LogP contribution in [0.2, 0.25) is 0 Å². The number of thioether (sulfide) groups is 1. The van der Waals surface area contributed by atoms with Crippen molar-refractivity contribution < 1.29 is 0 Å². The van der Waals surface area contributed by atoms with Gasteiger partial charge in [0.25, 0.3) is 0 Å². The molecule has 1 aliphatic rings. The average molecular weight is 226 g/mol. The van der Waals surface area contributed by atoms with Gasteiger partial charge in [-0.25, -0.2) is 0 Å². The van der Waals surface area contributed by atoms with Crippen molar-refractivity contribution in [2.45, 2.75) is 50.8 Å². The van der Waals surface area contributed by atoms with Gasteiger partial charge in [-0.2, -0.15) is 17.0 Å². The third kappa shape index (κ3) is 4.90. The Labute approximate surface area is 97.8 Å². The zero-order chi connectivity index (χ0) is 11.1. The molecule has 2 nitrogen and oxygen atoms in total. The molecule has 0 aliphatic heterocycles. The molecule has 0 saturated heterocycles. The van der Waals surface area contributed by atoms with Gasteiger partial charge >= 0.3 is 0 Å². The molecule has 0 spiro atoms. The van der Waals surface area contributed by atoms with Gasteiger partial charge in [0.05, 0.1) is 6.07 Å². The number of hydrogen-bond acceptors (Lipinski definition) is 3. The fraction of sp³-hybridized carbons (Fsp3) is 0.917. The largest absolute Gasteiger partial charge is 0.302 e. The molecule has 15 heavy (non-hydrogen) atoms. The molecule has 0 amide bonds. The summed E-state index contributed by atoms with van der Waals surface area (Å²) in [6.45, 7) is 5.29.